The average Bonchev–Trinajstić information content (AvgIpc) is 3.02. The van der Waals surface area contributed by atoms with Crippen molar-refractivity contribution >= 4 is 27.6 Å². The van der Waals surface area contributed by atoms with Gasteiger partial charge >= 0.3 is 6.18 Å². The smallest absolute Gasteiger partial charge is 0.424 e. The number of hydrogen-bond donors (Lipinski definition) is 1. The molecule has 0 aliphatic carbocycles. The number of hydrogen-bond acceptors (Lipinski definition) is 6. The molecule has 8 nitrogen and oxygen atoms in total. The Bertz CT molecular complexity index is 1160. The normalized spacial score (nSPS) is 12.1. The lowest BCUT2D eigenvalue weighted by Crippen LogP contribution is -2.17. The largest absolute Gasteiger partial charge is 0.438 e. The van der Waals surface area contributed by atoms with E-state index in [1.54, 1.807) is 25.1 Å². The van der Waals surface area contributed by atoms with Crippen molar-refractivity contribution in [3.8, 4) is 11.6 Å². The molecule has 2 aromatic heterocycles. The number of ether oxygens (including phenoxy) is 1. The molecule has 0 fully saturated rings. The number of aryl methyl sites for hydroxylation is 2. The fourth-order valence-electron chi connectivity index (χ4n) is 2.26. The molecule has 0 amide bonds. The highest BCUT2D eigenvalue weighted by atomic mass is 35.5. The maximum absolute atomic E-state index is 13.5. The molecule has 0 aliphatic rings. The molecule has 0 spiro atoms. The lowest BCUT2D eigenvalue weighted by Gasteiger charge is -2.16. The molecule has 3 rings (SSSR count). The van der Waals surface area contributed by atoms with Crippen LogP contribution in [0.3, 0.4) is 0 Å². The van der Waals surface area contributed by atoms with Crippen LogP contribution in [0.25, 0.3) is 0 Å². The lowest BCUT2D eigenvalue weighted by molar-refractivity contribution is -0.139. The summed E-state index contributed by atoms with van der Waals surface area (Å²) in [6.07, 6.45) is -2.69. The van der Waals surface area contributed by atoms with Crippen LogP contribution in [0.5, 0.6) is 11.6 Å². The molecule has 154 valence electrons. The maximum Gasteiger partial charge on any atom is 0.424 e. The first-order valence-corrected chi connectivity index (χ1v) is 9.73. The zero-order valence-electron chi connectivity index (χ0n) is 14.9. The van der Waals surface area contributed by atoms with Gasteiger partial charge in [0.15, 0.2) is 10.7 Å². The van der Waals surface area contributed by atoms with Gasteiger partial charge in [0.2, 0.25) is 11.8 Å². The average molecular weight is 448 g/mol. The number of benzene rings is 1. The van der Waals surface area contributed by atoms with Gasteiger partial charge in [0, 0.05) is 13.2 Å². The van der Waals surface area contributed by atoms with Crippen molar-refractivity contribution < 1.29 is 26.3 Å². The van der Waals surface area contributed by atoms with Crippen molar-refractivity contribution in [2.75, 3.05) is 4.72 Å². The van der Waals surface area contributed by atoms with Crippen LogP contribution >= 0.6 is 11.6 Å². The number of para-hydroxylation sites is 1. The molecular weight excluding hydrogens is 435 g/mol. The van der Waals surface area contributed by atoms with E-state index in [4.69, 9.17) is 16.3 Å². The molecular formula is C16H13ClF3N5O3S. The number of sulfonamides is 1. The molecule has 1 N–H and O–H groups in total. The Morgan fingerprint density at radius 3 is 2.48 bits per heavy atom. The van der Waals surface area contributed by atoms with E-state index in [0.717, 1.165) is 6.20 Å². The standard InChI is InChI=1S/C16H13ClF3N5O3S/c1-9-5-3-4-6-11(9)28-14-12(16(18,19)20)13(17)22-15(23-14)24-29(26,27)10-7-21-25(2)8-10/h3-8H,1-2H3,(H,22,23,24). The van der Waals surface area contributed by atoms with E-state index in [0.29, 0.717) is 5.56 Å². The highest BCUT2D eigenvalue weighted by Crippen LogP contribution is 2.41. The molecule has 2 heterocycles. The SMILES string of the molecule is Cc1ccccc1Oc1nc(NS(=O)(=O)c2cnn(C)c2)nc(Cl)c1C(F)(F)F. The predicted octanol–water partition coefficient (Wildman–Crippen LogP) is 3.78. The molecule has 0 saturated carbocycles. The second kappa shape index (κ2) is 7.52. The Kier molecular flexibility index (Phi) is 5.41. The van der Waals surface area contributed by atoms with Gasteiger partial charge in [0.1, 0.15) is 10.6 Å². The fourth-order valence-corrected chi connectivity index (χ4v) is 3.46. The predicted molar refractivity (Wildman–Crippen MR) is 97.3 cm³/mol. The number of aromatic nitrogens is 4. The summed E-state index contributed by atoms with van der Waals surface area (Å²) >= 11 is 5.70. The summed E-state index contributed by atoms with van der Waals surface area (Å²) in [7, 11) is -2.71. The van der Waals surface area contributed by atoms with Crippen LogP contribution in [-0.2, 0) is 23.2 Å². The van der Waals surface area contributed by atoms with Gasteiger partial charge in [-0.25, -0.2) is 13.1 Å². The van der Waals surface area contributed by atoms with Crippen LogP contribution in [0, 0.1) is 6.92 Å². The minimum atomic E-state index is -4.93. The van der Waals surface area contributed by atoms with E-state index in [9.17, 15) is 21.6 Å². The van der Waals surface area contributed by atoms with Gasteiger partial charge in [-0.15, -0.1) is 0 Å². The Morgan fingerprint density at radius 2 is 1.90 bits per heavy atom. The highest BCUT2D eigenvalue weighted by Gasteiger charge is 2.40. The van der Waals surface area contributed by atoms with E-state index in [-0.39, 0.29) is 10.6 Å². The first-order chi connectivity index (χ1) is 13.5. The van der Waals surface area contributed by atoms with Crippen molar-refractivity contribution in [3.63, 3.8) is 0 Å². The van der Waals surface area contributed by atoms with Gasteiger partial charge in [-0.05, 0) is 18.6 Å². The van der Waals surface area contributed by atoms with Gasteiger partial charge < -0.3 is 4.74 Å². The molecule has 13 heteroatoms. The third-order valence-corrected chi connectivity index (χ3v) is 5.19. The van der Waals surface area contributed by atoms with Gasteiger partial charge in [-0.1, -0.05) is 29.8 Å². The Balaban J connectivity index is 2.06. The molecule has 3 aromatic rings. The summed E-state index contributed by atoms with van der Waals surface area (Å²) in [5.74, 6) is -1.53. The molecule has 1 aromatic carbocycles. The molecule has 0 saturated heterocycles. The summed E-state index contributed by atoms with van der Waals surface area (Å²) in [5, 5.41) is 2.71. The second-order valence-corrected chi connectivity index (χ2v) is 7.88. The molecule has 0 atom stereocenters. The van der Waals surface area contributed by atoms with E-state index in [2.05, 4.69) is 15.1 Å². The number of anilines is 1. The number of halogens is 4. The summed E-state index contributed by atoms with van der Waals surface area (Å²) in [4.78, 5) is 6.78. The number of nitrogens with zero attached hydrogens (tertiary/aromatic N) is 4. The zero-order chi connectivity index (χ0) is 21.4. The Labute approximate surface area is 168 Å². The van der Waals surface area contributed by atoms with Crippen molar-refractivity contribution in [1.29, 1.82) is 0 Å². The van der Waals surface area contributed by atoms with E-state index in [1.807, 2.05) is 4.72 Å². The summed E-state index contributed by atoms with van der Waals surface area (Å²) in [6, 6.07) is 6.29. The minimum absolute atomic E-state index is 0.0915. The molecule has 0 bridgehead atoms. The van der Waals surface area contributed by atoms with Gasteiger partial charge in [-0.2, -0.15) is 28.2 Å². The van der Waals surface area contributed by atoms with Gasteiger partial charge in [-0.3, -0.25) is 4.68 Å². The number of nitrogens with one attached hydrogen (secondary N) is 1. The lowest BCUT2D eigenvalue weighted by atomic mass is 10.2. The number of alkyl halides is 3. The third kappa shape index (κ3) is 4.59. The van der Waals surface area contributed by atoms with Crippen LogP contribution in [0.1, 0.15) is 11.1 Å². The quantitative estimate of drug-likeness (QED) is 0.597. The summed E-state index contributed by atoms with van der Waals surface area (Å²) in [5.41, 5.74) is -0.889. The first kappa shape index (κ1) is 20.9. The van der Waals surface area contributed by atoms with Crippen LogP contribution in [-0.4, -0.2) is 28.2 Å². The van der Waals surface area contributed by atoms with Crippen LogP contribution in [0.4, 0.5) is 19.1 Å². The van der Waals surface area contributed by atoms with Crippen LogP contribution < -0.4 is 9.46 Å². The minimum Gasteiger partial charge on any atom is -0.438 e. The second-order valence-electron chi connectivity index (χ2n) is 5.84. The topological polar surface area (TPSA) is 99.0 Å². The monoisotopic (exact) mass is 447 g/mol. The van der Waals surface area contributed by atoms with Gasteiger partial charge in [0.25, 0.3) is 10.0 Å². The van der Waals surface area contributed by atoms with Crippen molar-refractivity contribution in [2.45, 2.75) is 18.0 Å². The molecule has 29 heavy (non-hydrogen) atoms. The highest BCUT2D eigenvalue weighted by molar-refractivity contribution is 7.92. The number of rotatable bonds is 5. The summed E-state index contributed by atoms with van der Waals surface area (Å²) < 4.78 is 73.6. The van der Waals surface area contributed by atoms with E-state index in [1.165, 1.54) is 24.0 Å². The third-order valence-electron chi connectivity index (χ3n) is 3.63. The Morgan fingerprint density at radius 1 is 1.21 bits per heavy atom. The van der Waals surface area contributed by atoms with Gasteiger partial charge in [0.05, 0.1) is 6.20 Å². The van der Waals surface area contributed by atoms with E-state index >= 15 is 0 Å². The zero-order valence-corrected chi connectivity index (χ0v) is 16.5. The van der Waals surface area contributed by atoms with Crippen molar-refractivity contribution in [1.82, 2.24) is 19.7 Å². The van der Waals surface area contributed by atoms with Crippen LogP contribution in [0.2, 0.25) is 5.15 Å². The molecule has 0 aliphatic heterocycles. The van der Waals surface area contributed by atoms with Crippen molar-refractivity contribution in [2.24, 2.45) is 7.05 Å². The Hall–Kier alpha value is -2.86. The first-order valence-electron chi connectivity index (χ1n) is 7.87. The maximum atomic E-state index is 13.5. The van der Waals surface area contributed by atoms with E-state index < -0.39 is 38.7 Å². The van der Waals surface area contributed by atoms with Crippen LogP contribution in [0.15, 0.2) is 41.6 Å². The van der Waals surface area contributed by atoms with Crippen molar-refractivity contribution in [3.05, 3.63) is 52.9 Å². The molecule has 0 unspecified atom stereocenters. The molecule has 0 radical (unpaired) electrons. The summed E-state index contributed by atoms with van der Waals surface area (Å²) in [6.45, 7) is 1.62. The fraction of sp³-hybridized carbons (Fsp3) is 0.188.